The fourth-order valence-corrected chi connectivity index (χ4v) is 8.48. The van der Waals surface area contributed by atoms with Crippen LogP contribution in [0.1, 0.15) is 133 Å². The number of nitrogens with zero attached hydrogens (tertiary/aromatic N) is 1. The lowest BCUT2D eigenvalue weighted by molar-refractivity contribution is -0.158. The number of ketones is 1. The predicted octanol–water partition coefficient (Wildman–Crippen LogP) is 6.94. The first-order valence-corrected chi connectivity index (χ1v) is 16.5. The highest BCUT2D eigenvalue weighted by Crippen LogP contribution is 2.64. The van der Waals surface area contributed by atoms with Crippen molar-refractivity contribution >= 4 is 5.78 Å². The highest BCUT2D eigenvalue weighted by atomic mass is 16.5. The number of likely N-dealkylation sites (tertiary alicyclic amines) is 1. The highest BCUT2D eigenvalue weighted by molar-refractivity contribution is 5.81. The van der Waals surface area contributed by atoms with E-state index in [2.05, 4.69) is 31.0 Å². The Morgan fingerprint density at radius 1 is 1.00 bits per heavy atom. The molecule has 2 aliphatic carbocycles. The fraction of sp³-hybridized carbons (Fsp3) is 0.743. The van der Waals surface area contributed by atoms with E-state index in [0.29, 0.717) is 25.0 Å². The van der Waals surface area contributed by atoms with Crippen molar-refractivity contribution in [3.63, 3.8) is 0 Å². The Kier molecular flexibility index (Phi) is 9.75. The van der Waals surface area contributed by atoms with Gasteiger partial charge in [0.2, 0.25) is 0 Å². The molecule has 0 aromatic heterocycles. The smallest absolute Gasteiger partial charge is 0.137 e. The summed E-state index contributed by atoms with van der Waals surface area (Å²) in [7, 11) is 2.12. The Morgan fingerprint density at radius 3 is 2.30 bits per heavy atom. The third kappa shape index (κ3) is 5.43. The van der Waals surface area contributed by atoms with Gasteiger partial charge in [0, 0.05) is 30.0 Å². The van der Waals surface area contributed by atoms with Crippen molar-refractivity contribution in [3.05, 3.63) is 40.5 Å². The van der Waals surface area contributed by atoms with Crippen LogP contribution in [0.5, 0.6) is 5.75 Å². The van der Waals surface area contributed by atoms with Gasteiger partial charge >= 0.3 is 0 Å². The monoisotopic (exact) mass is 551 g/mol. The maximum atomic E-state index is 13.2. The van der Waals surface area contributed by atoms with E-state index >= 15 is 0 Å². The molecule has 2 bridgehead atoms. The first-order chi connectivity index (χ1) is 19.5. The summed E-state index contributed by atoms with van der Waals surface area (Å²) in [4.78, 5) is 15.5. The van der Waals surface area contributed by atoms with Crippen LogP contribution in [0.4, 0.5) is 0 Å². The largest absolute Gasteiger partial charge is 0.484 e. The number of hydrogen-bond donors (Lipinski definition) is 2. The molecule has 0 amide bonds. The van der Waals surface area contributed by atoms with Gasteiger partial charge in [0.1, 0.15) is 17.6 Å². The van der Waals surface area contributed by atoms with Crippen molar-refractivity contribution < 1.29 is 19.7 Å². The van der Waals surface area contributed by atoms with Crippen LogP contribution < -0.4 is 4.74 Å². The number of benzene rings is 1. The van der Waals surface area contributed by atoms with Crippen LogP contribution >= 0.6 is 0 Å². The molecule has 2 aliphatic heterocycles. The van der Waals surface area contributed by atoms with Crippen molar-refractivity contribution in [1.29, 1.82) is 0 Å². The van der Waals surface area contributed by atoms with Crippen molar-refractivity contribution in [2.45, 2.75) is 152 Å². The van der Waals surface area contributed by atoms with Gasteiger partial charge in [-0.1, -0.05) is 102 Å². The number of carbonyl (C=O) groups is 1. The van der Waals surface area contributed by atoms with Crippen molar-refractivity contribution in [2.75, 3.05) is 13.6 Å². The molecule has 5 nitrogen and oxygen atoms in total. The van der Waals surface area contributed by atoms with E-state index < -0.39 is 11.0 Å². The average Bonchev–Trinajstić information content (AvgIpc) is 3.30. The van der Waals surface area contributed by atoms with E-state index in [1.807, 2.05) is 6.07 Å². The van der Waals surface area contributed by atoms with Crippen LogP contribution in [0.2, 0.25) is 0 Å². The minimum absolute atomic E-state index is 0.0325. The SMILES string of the molecule is CCCCCCCCCCCCCCCC(=O)CC1=CC[C@@]2(O)[C@H]3Cc4ccc(CO)c5c4[C@@]2(CCN3C)[C@H]1O5. The zero-order valence-corrected chi connectivity index (χ0v) is 25.2. The molecule has 2 heterocycles. The zero-order valence-electron chi connectivity index (χ0n) is 25.2. The normalized spacial score (nSPS) is 28.2. The first-order valence-electron chi connectivity index (χ1n) is 16.5. The molecule has 1 spiro atoms. The summed E-state index contributed by atoms with van der Waals surface area (Å²) in [5.74, 6) is 1.06. The molecule has 5 heteroatoms. The van der Waals surface area contributed by atoms with Crippen molar-refractivity contribution in [1.82, 2.24) is 4.90 Å². The number of Topliss-reactive ketones (excluding diaryl/α,β-unsaturated/α-hetero) is 1. The Bertz CT molecular complexity index is 1070. The predicted molar refractivity (Wildman–Crippen MR) is 161 cm³/mol. The first kappa shape index (κ1) is 29.8. The number of aliphatic hydroxyl groups is 2. The summed E-state index contributed by atoms with van der Waals surface area (Å²) in [5, 5.41) is 22.4. The molecule has 5 rings (SSSR count). The van der Waals surface area contributed by atoms with Crippen LogP contribution in [0.3, 0.4) is 0 Å². The quantitative estimate of drug-likeness (QED) is 0.162. The van der Waals surface area contributed by atoms with Crippen molar-refractivity contribution in [3.8, 4) is 5.75 Å². The van der Waals surface area contributed by atoms with Crippen LogP contribution in [-0.2, 0) is 23.2 Å². The van der Waals surface area contributed by atoms with Crippen LogP contribution in [0, 0.1) is 0 Å². The molecule has 1 aromatic rings. The molecule has 222 valence electrons. The van der Waals surface area contributed by atoms with E-state index in [1.165, 1.54) is 76.2 Å². The Labute approximate surface area is 242 Å². The number of unbranched alkanes of at least 4 members (excludes halogenated alkanes) is 12. The topological polar surface area (TPSA) is 70.0 Å². The minimum Gasteiger partial charge on any atom is -0.484 e. The number of rotatable bonds is 17. The Hall–Kier alpha value is -1.69. The third-order valence-corrected chi connectivity index (χ3v) is 10.7. The third-order valence-electron chi connectivity index (χ3n) is 10.7. The molecule has 1 aromatic carbocycles. The molecule has 4 atom stereocenters. The lowest BCUT2D eigenvalue weighted by Crippen LogP contribution is -2.74. The van der Waals surface area contributed by atoms with Gasteiger partial charge in [-0.3, -0.25) is 4.79 Å². The molecule has 0 saturated carbocycles. The number of carbonyl (C=O) groups excluding carboxylic acids is 1. The zero-order chi connectivity index (χ0) is 28.2. The van der Waals surface area contributed by atoms with Gasteiger partial charge in [0.25, 0.3) is 0 Å². The number of likely N-dealkylation sites (N-methyl/N-ethyl adjacent to an activating group) is 1. The van der Waals surface area contributed by atoms with Gasteiger partial charge in [-0.15, -0.1) is 0 Å². The second-order valence-corrected chi connectivity index (χ2v) is 13.3. The summed E-state index contributed by atoms with van der Waals surface area (Å²) in [6.45, 7) is 3.09. The lowest BCUT2D eigenvalue weighted by Gasteiger charge is -2.62. The van der Waals surface area contributed by atoms with Crippen molar-refractivity contribution in [2.24, 2.45) is 0 Å². The minimum atomic E-state index is -0.918. The maximum Gasteiger partial charge on any atom is 0.137 e. The van der Waals surface area contributed by atoms with Gasteiger partial charge in [-0.05, 0) is 50.4 Å². The van der Waals surface area contributed by atoms with E-state index in [9.17, 15) is 15.0 Å². The summed E-state index contributed by atoms with van der Waals surface area (Å²) in [5.41, 5.74) is 2.73. The summed E-state index contributed by atoms with van der Waals surface area (Å²) in [6, 6.07) is 4.14. The molecular weight excluding hydrogens is 498 g/mol. The van der Waals surface area contributed by atoms with E-state index in [1.54, 1.807) is 0 Å². The van der Waals surface area contributed by atoms with E-state index in [0.717, 1.165) is 54.7 Å². The number of hydrogen-bond acceptors (Lipinski definition) is 5. The summed E-state index contributed by atoms with van der Waals surface area (Å²) in [6.07, 6.45) is 22.0. The molecular formula is C35H53NO4. The molecule has 40 heavy (non-hydrogen) atoms. The van der Waals surface area contributed by atoms with Gasteiger partial charge in [-0.25, -0.2) is 0 Å². The van der Waals surface area contributed by atoms with Crippen LogP contribution in [0.25, 0.3) is 0 Å². The molecule has 0 unspecified atom stereocenters. The standard InChI is InChI=1S/C35H53NO4/c1-3-4-5-6-7-8-9-10-11-12-13-14-15-16-29(38)23-27-19-20-35(39)30-24-26-17-18-28(25-37)32-31(26)34(35,33(27)40-32)21-22-36(30)2/h17-19,30,33,37,39H,3-16,20-25H2,1-2H3/t30-,33+,34+,35-/m1/s1. The number of piperidine rings is 1. The lowest BCUT2D eigenvalue weighted by atomic mass is 9.49. The van der Waals surface area contributed by atoms with E-state index in [4.69, 9.17) is 4.74 Å². The highest BCUT2D eigenvalue weighted by Gasteiger charge is 2.71. The summed E-state index contributed by atoms with van der Waals surface area (Å²) >= 11 is 0. The molecule has 0 radical (unpaired) electrons. The Morgan fingerprint density at radius 2 is 1.65 bits per heavy atom. The van der Waals surface area contributed by atoms with Gasteiger partial charge in [0.15, 0.2) is 0 Å². The molecule has 1 saturated heterocycles. The number of ether oxygens (including phenoxy) is 1. The molecule has 4 aliphatic rings. The second kappa shape index (κ2) is 13.1. The maximum absolute atomic E-state index is 13.2. The fourth-order valence-electron chi connectivity index (χ4n) is 8.48. The van der Waals surface area contributed by atoms with Crippen LogP contribution in [0.15, 0.2) is 23.8 Å². The van der Waals surface area contributed by atoms with Crippen LogP contribution in [-0.4, -0.2) is 52.2 Å². The second-order valence-electron chi connectivity index (χ2n) is 13.3. The van der Waals surface area contributed by atoms with Gasteiger partial charge in [0.05, 0.1) is 17.6 Å². The molecule has 1 fully saturated rings. The number of aliphatic hydroxyl groups excluding tert-OH is 1. The van der Waals surface area contributed by atoms with Gasteiger partial charge in [-0.2, -0.15) is 0 Å². The summed E-state index contributed by atoms with van der Waals surface area (Å²) < 4.78 is 6.68. The molecule has 2 N–H and O–H groups in total. The average molecular weight is 552 g/mol. The van der Waals surface area contributed by atoms with Gasteiger partial charge < -0.3 is 19.8 Å². The van der Waals surface area contributed by atoms with E-state index in [-0.39, 0.29) is 18.8 Å². The Balaban J connectivity index is 1.12.